The Hall–Kier alpha value is -0.520. The number of unbranched alkanes of at least 4 members (excludes halogenated alkanes) is 1. The third-order valence-electron chi connectivity index (χ3n) is 1.22. The molecular formula is C10H17. The first-order valence-electron chi connectivity index (χ1n) is 4.11. The van der Waals surface area contributed by atoms with Gasteiger partial charge in [0.15, 0.2) is 0 Å². The van der Waals surface area contributed by atoms with Crippen LogP contribution >= 0.6 is 0 Å². The largest absolute Gasteiger partial charge is 0.0885 e. The molecule has 0 heterocycles. The maximum absolute atomic E-state index is 3.21. The van der Waals surface area contributed by atoms with Crippen LogP contribution in [0.15, 0.2) is 18.2 Å². The lowest BCUT2D eigenvalue weighted by atomic mass is 10.2. The zero-order valence-electron chi connectivity index (χ0n) is 7.06. The average Bonchev–Trinajstić information content (AvgIpc) is 1.97. The average molecular weight is 137 g/mol. The third kappa shape index (κ3) is 7.48. The van der Waals surface area contributed by atoms with Crippen LogP contribution in [0.5, 0.6) is 0 Å². The van der Waals surface area contributed by atoms with E-state index in [0.29, 0.717) is 0 Å². The van der Waals surface area contributed by atoms with Gasteiger partial charge in [-0.2, -0.15) is 0 Å². The van der Waals surface area contributed by atoms with Crippen LogP contribution in [0.1, 0.15) is 39.5 Å². The van der Waals surface area contributed by atoms with Gasteiger partial charge < -0.3 is 0 Å². The Balaban J connectivity index is 3.09. The molecule has 0 spiro atoms. The maximum atomic E-state index is 3.21. The first-order valence-corrected chi connectivity index (χ1v) is 4.11. The van der Waals surface area contributed by atoms with Gasteiger partial charge in [0.1, 0.15) is 0 Å². The molecule has 0 rings (SSSR count). The minimum atomic E-state index is 0.980. The molecule has 0 saturated heterocycles. The smallest absolute Gasteiger partial charge is 0.00979 e. The van der Waals surface area contributed by atoms with Crippen LogP contribution in [0.3, 0.4) is 0 Å². The molecule has 0 N–H and O–H groups in total. The Morgan fingerprint density at radius 2 is 2.00 bits per heavy atom. The maximum Gasteiger partial charge on any atom is -0.00979 e. The SMILES string of the molecule is CCC=CC/[C]=C/CCC. The Labute approximate surface area is 64.6 Å². The highest BCUT2D eigenvalue weighted by atomic mass is 13.8. The van der Waals surface area contributed by atoms with Gasteiger partial charge in [0.05, 0.1) is 0 Å². The van der Waals surface area contributed by atoms with Gasteiger partial charge in [-0.1, -0.05) is 38.5 Å². The van der Waals surface area contributed by atoms with Gasteiger partial charge in [0.25, 0.3) is 0 Å². The highest BCUT2D eigenvalue weighted by molar-refractivity contribution is 4.86. The molecule has 0 unspecified atom stereocenters. The molecule has 0 heteroatoms. The molecule has 0 fully saturated rings. The number of rotatable bonds is 5. The number of hydrogen-bond donors (Lipinski definition) is 0. The predicted molar refractivity (Wildman–Crippen MR) is 46.8 cm³/mol. The molecule has 0 amide bonds. The van der Waals surface area contributed by atoms with Gasteiger partial charge in [-0.25, -0.2) is 0 Å². The van der Waals surface area contributed by atoms with E-state index in [1.807, 2.05) is 0 Å². The lowest BCUT2D eigenvalue weighted by Gasteiger charge is -1.82. The summed E-state index contributed by atoms with van der Waals surface area (Å²) in [7, 11) is 0. The van der Waals surface area contributed by atoms with Crippen molar-refractivity contribution >= 4 is 0 Å². The summed E-state index contributed by atoms with van der Waals surface area (Å²) in [6.45, 7) is 4.33. The second-order valence-electron chi connectivity index (χ2n) is 2.28. The van der Waals surface area contributed by atoms with E-state index in [0.717, 1.165) is 12.8 Å². The topological polar surface area (TPSA) is 0 Å². The van der Waals surface area contributed by atoms with E-state index in [1.165, 1.54) is 12.8 Å². The van der Waals surface area contributed by atoms with E-state index in [1.54, 1.807) is 0 Å². The minimum absolute atomic E-state index is 0.980. The van der Waals surface area contributed by atoms with Crippen LogP contribution in [0.2, 0.25) is 0 Å². The van der Waals surface area contributed by atoms with E-state index in [2.05, 4.69) is 38.2 Å². The zero-order chi connectivity index (χ0) is 7.66. The number of allylic oxidation sites excluding steroid dienone is 4. The molecule has 0 aliphatic heterocycles. The van der Waals surface area contributed by atoms with E-state index < -0.39 is 0 Å². The van der Waals surface area contributed by atoms with Crippen molar-refractivity contribution in [3.05, 3.63) is 24.3 Å². The quantitative estimate of drug-likeness (QED) is 0.509. The molecule has 0 aromatic heterocycles. The van der Waals surface area contributed by atoms with Crippen molar-refractivity contribution in [3.8, 4) is 0 Å². The molecule has 0 aromatic carbocycles. The van der Waals surface area contributed by atoms with Gasteiger partial charge in [-0.05, 0) is 25.3 Å². The monoisotopic (exact) mass is 137 g/mol. The molecule has 0 nitrogen and oxygen atoms in total. The molecule has 1 radical (unpaired) electrons. The molecule has 0 aromatic rings. The third-order valence-corrected chi connectivity index (χ3v) is 1.22. The van der Waals surface area contributed by atoms with Crippen LogP contribution in [0.4, 0.5) is 0 Å². The van der Waals surface area contributed by atoms with Crippen LogP contribution in [0.25, 0.3) is 0 Å². The summed E-state index contributed by atoms with van der Waals surface area (Å²) in [5.74, 6) is 0. The fourth-order valence-electron chi connectivity index (χ4n) is 0.648. The van der Waals surface area contributed by atoms with Gasteiger partial charge in [0, 0.05) is 0 Å². The Kier molecular flexibility index (Phi) is 8.04. The molecular weight excluding hydrogens is 120 g/mol. The summed E-state index contributed by atoms with van der Waals surface area (Å²) in [4.78, 5) is 0. The van der Waals surface area contributed by atoms with Crippen molar-refractivity contribution in [1.82, 2.24) is 0 Å². The standard InChI is InChI=1S/C10H17/c1-3-5-7-9-10-8-6-4-2/h5,7-8H,3-4,6,9H2,1-2H3. The van der Waals surface area contributed by atoms with Crippen molar-refractivity contribution in [3.63, 3.8) is 0 Å². The van der Waals surface area contributed by atoms with Crippen molar-refractivity contribution < 1.29 is 0 Å². The predicted octanol–water partition coefficient (Wildman–Crippen LogP) is 3.50. The van der Waals surface area contributed by atoms with Crippen molar-refractivity contribution in [2.24, 2.45) is 0 Å². The first-order chi connectivity index (χ1) is 4.91. The lowest BCUT2D eigenvalue weighted by Crippen LogP contribution is -1.63. The van der Waals surface area contributed by atoms with Crippen molar-refractivity contribution in [2.45, 2.75) is 39.5 Å². The second kappa shape index (κ2) is 8.48. The molecule has 0 aliphatic rings. The highest BCUT2D eigenvalue weighted by Crippen LogP contribution is 1.91. The van der Waals surface area contributed by atoms with Gasteiger partial charge in [0.2, 0.25) is 0 Å². The van der Waals surface area contributed by atoms with Crippen LogP contribution in [-0.4, -0.2) is 0 Å². The summed E-state index contributed by atoms with van der Waals surface area (Å²) >= 11 is 0. The summed E-state index contributed by atoms with van der Waals surface area (Å²) < 4.78 is 0. The van der Waals surface area contributed by atoms with Crippen LogP contribution in [0, 0.1) is 6.08 Å². The lowest BCUT2D eigenvalue weighted by molar-refractivity contribution is 0.950. The molecule has 0 saturated carbocycles. The Bertz CT molecular complexity index is 98.6. The summed E-state index contributed by atoms with van der Waals surface area (Å²) in [5.41, 5.74) is 0. The molecule has 0 bridgehead atoms. The Morgan fingerprint density at radius 1 is 1.20 bits per heavy atom. The highest BCUT2D eigenvalue weighted by Gasteiger charge is 1.72. The van der Waals surface area contributed by atoms with Crippen molar-refractivity contribution in [2.75, 3.05) is 0 Å². The molecule has 0 aliphatic carbocycles. The van der Waals surface area contributed by atoms with Crippen molar-refractivity contribution in [1.29, 1.82) is 0 Å². The van der Waals surface area contributed by atoms with Gasteiger partial charge >= 0.3 is 0 Å². The summed E-state index contributed by atoms with van der Waals surface area (Å²) in [5, 5.41) is 0. The normalized spacial score (nSPS) is 11.8. The summed E-state index contributed by atoms with van der Waals surface area (Å²) in [6, 6.07) is 0. The minimum Gasteiger partial charge on any atom is -0.0885 e. The Morgan fingerprint density at radius 3 is 2.60 bits per heavy atom. The molecule has 10 heavy (non-hydrogen) atoms. The fourth-order valence-corrected chi connectivity index (χ4v) is 0.648. The summed E-state index contributed by atoms with van der Waals surface area (Å²) in [6.07, 6.45) is 14.2. The first kappa shape index (κ1) is 9.48. The van der Waals surface area contributed by atoms with E-state index in [4.69, 9.17) is 0 Å². The zero-order valence-corrected chi connectivity index (χ0v) is 7.06. The van der Waals surface area contributed by atoms with Crippen LogP contribution < -0.4 is 0 Å². The van der Waals surface area contributed by atoms with E-state index in [9.17, 15) is 0 Å². The van der Waals surface area contributed by atoms with E-state index >= 15 is 0 Å². The second-order valence-corrected chi connectivity index (χ2v) is 2.28. The number of hydrogen-bond acceptors (Lipinski definition) is 0. The van der Waals surface area contributed by atoms with Gasteiger partial charge in [-0.3, -0.25) is 0 Å². The van der Waals surface area contributed by atoms with Gasteiger partial charge in [-0.15, -0.1) is 0 Å². The van der Waals surface area contributed by atoms with Crippen LogP contribution in [-0.2, 0) is 0 Å². The molecule has 57 valence electrons. The van der Waals surface area contributed by atoms with E-state index in [-0.39, 0.29) is 0 Å². The molecule has 0 atom stereocenters. The fraction of sp³-hybridized carbons (Fsp3) is 0.600.